The number of benzene rings is 2. The van der Waals surface area contributed by atoms with Crippen LogP contribution in [0.5, 0.6) is 5.75 Å². The lowest BCUT2D eigenvalue weighted by atomic mass is 9.98. The molecule has 37 heavy (non-hydrogen) atoms. The fourth-order valence-corrected chi connectivity index (χ4v) is 6.58. The molecule has 1 atom stereocenters. The second kappa shape index (κ2) is 11.7. The van der Waals surface area contributed by atoms with Gasteiger partial charge in [-0.2, -0.15) is 4.98 Å². The van der Waals surface area contributed by atoms with E-state index in [-0.39, 0.29) is 17.3 Å². The van der Waals surface area contributed by atoms with Gasteiger partial charge in [-0.05, 0) is 122 Å². The van der Waals surface area contributed by atoms with E-state index in [1.54, 1.807) is 46.9 Å². The third-order valence-electron chi connectivity index (χ3n) is 5.91. The number of carboxylic acid groups (broad SMARTS) is 1. The second-order valence-electron chi connectivity index (χ2n) is 10.1. The van der Waals surface area contributed by atoms with Crippen LogP contribution in [0.3, 0.4) is 0 Å². The molecule has 0 bridgehead atoms. The number of hydrogen-bond acceptors (Lipinski definition) is 7. The molecule has 0 radical (unpaired) electrons. The quantitative estimate of drug-likeness (QED) is 0.282. The van der Waals surface area contributed by atoms with Crippen molar-refractivity contribution in [2.75, 3.05) is 44.5 Å². The van der Waals surface area contributed by atoms with Gasteiger partial charge in [-0.3, -0.25) is 4.90 Å². The molecule has 200 valence electrons. The summed E-state index contributed by atoms with van der Waals surface area (Å²) < 4.78 is 13.1. The van der Waals surface area contributed by atoms with Gasteiger partial charge in [0, 0.05) is 24.5 Å². The lowest BCUT2D eigenvalue weighted by Gasteiger charge is -2.34. The van der Waals surface area contributed by atoms with Crippen molar-refractivity contribution in [2.24, 2.45) is 0 Å². The first-order valence-electron chi connectivity index (χ1n) is 11.6. The van der Waals surface area contributed by atoms with Crippen LogP contribution in [0.2, 0.25) is 0 Å². The van der Waals surface area contributed by atoms with Crippen LogP contribution >= 0.6 is 45.2 Å². The zero-order valence-corrected chi connectivity index (χ0v) is 26.3. The van der Waals surface area contributed by atoms with Gasteiger partial charge in [0.25, 0.3) is 6.01 Å². The van der Waals surface area contributed by atoms with Crippen molar-refractivity contribution in [2.45, 2.75) is 39.2 Å². The Kier molecular flexibility index (Phi) is 9.32. The monoisotopic (exact) mass is 734 g/mol. The van der Waals surface area contributed by atoms with Crippen molar-refractivity contribution >= 4 is 73.9 Å². The number of fused-ring (bicyclic) bond motifs is 1. The average molecular weight is 734 g/mol. The normalized spacial score (nSPS) is 12.6. The summed E-state index contributed by atoms with van der Waals surface area (Å²) >= 11 is 4.55. The third-order valence-corrected chi connectivity index (χ3v) is 7.52. The van der Waals surface area contributed by atoms with Crippen LogP contribution < -0.4 is 20.6 Å². The Bertz CT molecular complexity index is 1340. The molecule has 9 nitrogen and oxygen atoms in total. The Balaban J connectivity index is 1.96. The summed E-state index contributed by atoms with van der Waals surface area (Å²) in [7, 11) is 5.69. The number of carbonyl (C=O) groups is 1. The van der Waals surface area contributed by atoms with Gasteiger partial charge in [-0.25, -0.2) is 9.59 Å². The summed E-state index contributed by atoms with van der Waals surface area (Å²) in [6.45, 7) is 8.37. The van der Waals surface area contributed by atoms with Crippen LogP contribution in [0.25, 0.3) is 10.9 Å². The van der Waals surface area contributed by atoms with Gasteiger partial charge < -0.3 is 24.5 Å². The van der Waals surface area contributed by atoms with E-state index in [9.17, 15) is 14.7 Å². The van der Waals surface area contributed by atoms with Crippen LogP contribution in [-0.4, -0.2) is 60.9 Å². The van der Waals surface area contributed by atoms with Gasteiger partial charge >= 0.3 is 11.7 Å². The molecule has 0 spiro atoms. The smallest absolute Gasteiger partial charge is 0.412 e. The summed E-state index contributed by atoms with van der Waals surface area (Å²) in [5.41, 5.74) is 1.25. The summed E-state index contributed by atoms with van der Waals surface area (Å²) in [6.07, 6.45) is -1.10. The van der Waals surface area contributed by atoms with E-state index in [4.69, 9.17) is 9.15 Å². The minimum Gasteiger partial charge on any atom is -0.495 e. The third kappa shape index (κ3) is 6.66. The number of nitrogens with one attached hydrogen (secondary N) is 1. The number of aryl methyl sites for hydroxylation is 1. The predicted octanol–water partition coefficient (Wildman–Crippen LogP) is 5.75. The highest BCUT2D eigenvalue weighted by Crippen LogP contribution is 2.33. The number of likely N-dealkylation sites (N-methyl/N-ethyl adjacent to an activating group) is 1. The maximum Gasteiger partial charge on any atom is 0.412 e. The Labute approximate surface area is 243 Å². The summed E-state index contributed by atoms with van der Waals surface area (Å²) in [5, 5.41) is 13.3. The Hall–Kier alpha value is -2.13. The van der Waals surface area contributed by atoms with Crippen molar-refractivity contribution < 1.29 is 19.1 Å². The number of aromatic nitrogens is 1. The molecule has 0 fully saturated rings. The van der Waals surface area contributed by atoms with Crippen molar-refractivity contribution in [3.63, 3.8) is 0 Å². The van der Waals surface area contributed by atoms with Crippen LogP contribution in [-0.2, 0) is 0 Å². The van der Waals surface area contributed by atoms with E-state index in [0.29, 0.717) is 23.3 Å². The minimum atomic E-state index is -1.10. The minimum absolute atomic E-state index is 0.0887. The Morgan fingerprint density at radius 3 is 2.35 bits per heavy atom. The predicted molar refractivity (Wildman–Crippen MR) is 163 cm³/mol. The van der Waals surface area contributed by atoms with Gasteiger partial charge in [-0.15, -0.1) is 0 Å². The second-order valence-corrected chi connectivity index (χ2v) is 12.4. The topological polar surface area (TPSA) is 108 Å². The first-order valence-corrected chi connectivity index (χ1v) is 13.8. The Morgan fingerprint density at radius 2 is 1.84 bits per heavy atom. The number of halogens is 2. The number of nitrogens with zero attached hydrogens (tertiary/aromatic N) is 3. The maximum absolute atomic E-state index is 13.0. The van der Waals surface area contributed by atoms with Crippen molar-refractivity contribution in [3.05, 3.63) is 53.0 Å². The van der Waals surface area contributed by atoms with Gasteiger partial charge in [0.05, 0.1) is 30.8 Å². The number of amides is 1. The molecule has 1 heterocycles. The van der Waals surface area contributed by atoms with Gasteiger partial charge in [0.2, 0.25) is 0 Å². The van der Waals surface area contributed by atoms with Gasteiger partial charge in [-0.1, -0.05) is 0 Å². The molecule has 0 aliphatic carbocycles. The van der Waals surface area contributed by atoms with E-state index in [2.05, 4.69) is 72.5 Å². The maximum atomic E-state index is 13.0. The zero-order chi connectivity index (χ0) is 27.7. The molecule has 1 amide bonds. The molecule has 0 aliphatic heterocycles. The number of anilines is 2. The largest absolute Gasteiger partial charge is 0.495 e. The zero-order valence-electron chi connectivity index (χ0n) is 22.0. The molecule has 0 saturated heterocycles. The van der Waals surface area contributed by atoms with E-state index in [1.165, 1.54) is 4.90 Å². The number of hydrogen-bond donors (Lipinski definition) is 2. The summed E-state index contributed by atoms with van der Waals surface area (Å²) in [6, 6.07) is 7.68. The first-order chi connectivity index (χ1) is 17.2. The first kappa shape index (κ1) is 29.4. The molecule has 1 unspecified atom stereocenters. The Morgan fingerprint density at radius 1 is 1.22 bits per heavy atom. The van der Waals surface area contributed by atoms with Crippen LogP contribution in [0.4, 0.5) is 16.5 Å². The van der Waals surface area contributed by atoms with Crippen LogP contribution in [0.15, 0.2) is 33.5 Å². The van der Waals surface area contributed by atoms with Crippen molar-refractivity contribution in [1.82, 2.24) is 9.88 Å². The highest BCUT2D eigenvalue weighted by molar-refractivity contribution is 14.1. The summed E-state index contributed by atoms with van der Waals surface area (Å²) in [4.78, 5) is 32.9. The van der Waals surface area contributed by atoms with E-state index in [1.807, 2.05) is 14.1 Å². The van der Waals surface area contributed by atoms with Crippen LogP contribution in [0.1, 0.15) is 37.8 Å². The van der Waals surface area contributed by atoms with E-state index in [0.717, 1.165) is 25.0 Å². The molecule has 2 N–H and O–H groups in total. The fraction of sp³-hybridized carbons (Fsp3) is 0.423. The molecule has 1 aromatic heterocycles. The molecule has 2 aromatic carbocycles. The SMILES string of the molecule is COc1c(I)cc(C(CNc2nc3ccc(N(C(=O)O)C(C)(C)C)c(C)c3c(=O)o2)CN(C)C)cc1I. The lowest BCUT2D eigenvalue weighted by molar-refractivity contribution is 0.195. The van der Waals surface area contributed by atoms with Crippen molar-refractivity contribution in [1.29, 1.82) is 0 Å². The van der Waals surface area contributed by atoms with Crippen LogP contribution in [0, 0.1) is 14.1 Å². The van der Waals surface area contributed by atoms with Gasteiger partial charge in [0.1, 0.15) is 5.75 Å². The standard InChI is InChI=1S/C26H32I2N4O5/c1-14-20(32(25(34)35)26(2,3)4)9-8-19-21(14)23(33)37-24(30-19)29-12-16(13-31(5)6)15-10-17(27)22(36-7)18(28)11-15/h8-11,16H,12-13H2,1-7H3,(H,29,30)(H,34,35). The number of rotatable bonds is 8. The van der Waals surface area contributed by atoms with E-state index < -0.39 is 17.3 Å². The number of methoxy groups -OCH3 is 1. The molecule has 3 aromatic rings. The van der Waals surface area contributed by atoms with E-state index >= 15 is 0 Å². The lowest BCUT2D eigenvalue weighted by Crippen LogP contribution is -2.45. The molecule has 0 aliphatic rings. The highest BCUT2D eigenvalue weighted by atomic mass is 127. The molecular formula is C26H32I2N4O5. The molecule has 3 rings (SSSR count). The summed E-state index contributed by atoms with van der Waals surface area (Å²) in [5.74, 6) is 0.942. The molecular weight excluding hydrogens is 702 g/mol. The van der Waals surface area contributed by atoms with Gasteiger partial charge in [0.15, 0.2) is 0 Å². The molecule has 0 saturated carbocycles. The molecule has 11 heteroatoms. The van der Waals surface area contributed by atoms with Crippen molar-refractivity contribution in [3.8, 4) is 5.75 Å². The average Bonchev–Trinajstić information content (AvgIpc) is 2.76. The number of ether oxygens (including phenoxy) is 1. The fourth-order valence-electron chi connectivity index (χ4n) is 4.33. The highest BCUT2D eigenvalue weighted by Gasteiger charge is 2.30.